The molecule has 0 radical (unpaired) electrons. The zero-order valence-corrected chi connectivity index (χ0v) is 51.3. The van der Waals surface area contributed by atoms with Crippen molar-refractivity contribution in [1.82, 2.24) is 5.32 Å². The summed E-state index contributed by atoms with van der Waals surface area (Å²) < 4.78 is 0. The first-order valence-corrected chi connectivity index (χ1v) is 34.2. The first kappa shape index (κ1) is 73.8. The van der Waals surface area contributed by atoms with E-state index in [1.54, 1.807) is 6.08 Å². The van der Waals surface area contributed by atoms with E-state index >= 15 is 0 Å². The highest BCUT2D eigenvalue weighted by Crippen LogP contribution is 2.18. The zero-order valence-electron chi connectivity index (χ0n) is 51.3. The second-order valence-corrected chi connectivity index (χ2v) is 23.2. The molecule has 0 aromatic rings. The molecule has 0 saturated carbocycles. The average Bonchev–Trinajstić information content (AvgIpc) is 3.42. The van der Waals surface area contributed by atoms with Crippen LogP contribution in [0.3, 0.4) is 0 Å². The van der Waals surface area contributed by atoms with Gasteiger partial charge in [-0.25, -0.2) is 0 Å². The number of hydrogen-bond donors (Lipinski definition) is 3. The quantitative estimate of drug-likeness (QED) is 0.0420. The van der Waals surface area contributed by atoms with Crippen molar-refractivity contribution < 1.29 is 15.0 Å². The highest BCUT2D eigenvalue weighted by molar-refractivity contribution is 5.76. The number of carbonyl (C=O) groups excluding carboxylic acids is 1. The number of allylic oxidation sites excluding steroid dienone is 11. The van der Waals surface area contributed by atoms with Crippen molar-refractivity contribution in [3.63, 3.8) is 0 Å². The summed E-state index contributed by atoms with van der Waals surface area (Å²) in [6.45, 7) is 4.22. The van der Waals surface area contributed by atoms with Crippen molar-refractivity contribution in [3.05, 3.63) is 72.9 Å². The third-order valence-electron chi connectivity index (χ3n) is 15.7. The number of aliphatic hydroxyl groups is 2. The molecule has 0 aliphatic carbocycles. The van der Waals surface area contributed by atoms with Crippen LogP contribution in [0.1, 0.15) is 361 Å². The molecule has 0 aliphatic heterocycles. The number of nitrogens with one attached hydrogen (secondary N) is 1. The molecule has 0 fully saturated rings. The fourth-order valence-electron chi connectivity index (χ4n) is 10.5. The summed E-state index contributed by atoms with van der Waals surface area (Å²) in [6.07, 6.45) is 97.0. The van der Waals surface area contributed by atoms with Gasteiger partial charge in [-0.1, -0.05) is 356 Å². The van der Waals surface area contributed by atoms with E-state index in [1.165, 1.54) is 283 Å². The summed E-state index contributed by atoms with van der Waals surface area (Å²) in [5, 5.41) is 23.3. The molecule has 3 N–H and O–H groups in total. The van der Waals surface area contributed by atoms with Crippen LogP contribution in [0.15, 0.2) is 72.9 Å². The Morgan fingerprint density at radius 1 is 0.329 bits per heavy atom. The third kappa shape index (κ3) is 62.7. The van der Waals surface area contributed by atoms with E-state index in [9.17, 15) is 15.0 Å². The average molecular weight is 1060 g/mol. The molecule has 0 rings (SSSR count). The number of unbranched alkanes of at least 4 members (excludes halogenated alkanes) is 46. The van der Waals surface area contributed by atoms with E-state index < -0.39 is 12.1 Å². The lowest BCUT2D eigenvalue weighted by Crippen LogP contribution is -2.45. The van der Waals surface area contributed by atoms with Gasteiger partial charge >= 0.3 is 0 Å². The topological polar surface area (TPSA) is 69.6 Å². The Kier molecular flexibility index (Phi) is 65.2. The van der Waals surface area contributed by atoms with E-state index in [0.29, 0.717) is 6.42 Å². The van der Waals surface area contributed by atoms with E-state index in [2.05, 4.69) is 79.9 Å². The van der Waals surface area contributed by atoms with Gasteiger partial charge in [-0.2, -0.15) is 0 Å². The third-order valence-corrected chi connectivity index (χ3v) is 15.7. The van der Waals surface area contributed by atoms with Crippen LogP contribution in [0.25, 0.3) is 0 Å². The summed E-state index contributed by atoms with van der Waals surface area (Å²) in [4.78, 5) is 12.5. The van der Waals surface area contributed by atoms with Crippen LogP contribution >= 0.6 is 0 Å². The van der Waals surface area contributed by atoms with E-state index in [0.717, 1.165) is 57.8 Å². The molecule has 76 heavy (non-hydrogen) atoms. The number of carbonyl (C=O) groups is 1. The van der Waals surface area contributed by atoms with Crippen molar-refractivity contribution in [2.24, 2.45) is 0 Å². The fourth-order valence-corrected chi connectivity index (χ4v) is 10.5. The molecule has 0 aromatic heterocycles. The molecule has 4 heteroatoms. The highest BCUT2D eigenvalue weighted by atomic mass is 16.3. The van der Waals surface area contributed by atoms with Gasteiger partial charge in [0, 0.05) is 6.42 Å². The summed E-state index contributed by atoms with van der Waals surface area (Å²) in [5.41, 5.74) is 0. The number of amides is 1. The molecule has 0 bridgehead atoms. The summed E-state index contributed by atoms with van der Waals surface area (Å²) >= 11 is 0. The van der Waals surface area contributed by atoms with Crippen LogP contribution < -0.4 is 5.32 Å². The number of aliphatic hydroxyl groups excluding tert-OH is 2. The molecule has 2 unspecified atom stereocenters. The standard InChI is InChI=1S/C72H133NO3/c1-3-5-7-9-11-13-15-17-19-21-23-25-27-29-31-33-34-35-36-37-38-40-42-44-46-48-50-52-54-56-58-60-62-64-66-68-72(76)73-70(69-74)71(75)67-65-63-61-59-57-55-53-51-49-47-45-43-41-39-32-30-28-26-24-22-20-18-16-14-12-10-8-6-4-2/h5,7,11,13,17,19,23,25,57,59,65,67,70-71,74-75H,3-4,6,8-10,12,14-16,18,20-22,24,26-56,58,60-64,66,68-69H2,1-2H3,(H,73,76)/b7-5-,13-11-,19-17-,25-23-,59-57+,67-65+. The highest BCUT2D eigenvalue weighted by Gasteiger charge is 2.18. The molecule has 0 heterocycles. The molecule has 4 nitrogen and oxygen atoms in total. The smallest absolute Gasteiger partial charge is 0.220 e. The molecule has 0 saturated heterocycles. The lowest BCUT2D eigenvalue weighted by Gasteiger charge is -2.19. The Hall–Kier alpha value is -2.17. The summed E-state index contributed by atoms with van der Waals surface area (Å²) in [5.74, 6) is -0.0682. The lowest BCUT2D eigenvalue weighted by molar-refractivity contribution is -0.123. The first-order chi connectivity index (χ1) is 37.7. The SMILES string of the molecule is CC/C=C\C/C=C\C/C=C\C/C=C\CCCCCCCCCCCCCCCCCCCCCCCCC(=O)NC(CO)C(O)/C=C/CC/C=C/CCCCCCCCCCCCCCCCCCCCCCCCC. The van der Waals surface area contributed by atoms with Gasteiger partial charge in [-0.3, -0.25) is 4.79 Å². The maximum absolute atomic E-state index is 12.5. The Labute approximate surface area is 476 Å². The van der Waals surface area contributed by atoms with Crippen LogP contribution in [0.4, 0.5) is 0 Å². The Balaban J connectivity index is 3.46. The predicted molar refractivity (Wildman–Crippen MR) is 341 cm³/mol. The Bertz CT molecular complexity index is 1290. The second-order valence-electron chi connectivity index (χ2n) is 23.2. The van der Waals surface area contributed by atoms with Crippen molar-refractivity contribution in [3.8, 4) is 0 Å². The molecule has 0 spiro atoms. The second kappa shape index (κ2) is 67.1. The minimum atomic E-state index is -0.865. The number of hydrogen-bond acceptors (Lipinski definition) is 3. The van der Waals surface area contributed by atoms with Crippen LogP contribution in [0, 0.1) is 0 Å². The summed E-state index contributed by atoms with van der Waals surface area (Å²) in [6, 6.07) is -0.642. The van der Waals surface area contributed by atoms with E-state index in [1.807, 2.05) is 6.08 Å². The van der Waals surface area contributed by atoms with Crippen molar-refractivity contribution in [2.75, 3.05) is 6.61 Å². The van der Waals surface area contributed by atoms with E-state index in [4.69, 9.17) is 0 Å². The minimum Gasteiger partial charge on any atom is -0.394 e. The van der Waals surface area contributed by atoms with Gasteiger partial charge in [-0.05, 0) is 70.6 Å². The van der Waals surface area contributed by atoms with Gasteiger partial charge in [0.15, 0.2) is 0 Å². The van der Waals surface area contributed by atoms with E-state index in [-0.39, 0.29) is 12.5 Å². The predicted octanol–water partition coefficient (Wildman–Crippen LogP) is 23.3. The molecular weight excluding hydrogens is 927 g/mol. The molecule has 1 amide bonds. The van der Waals surface area contributed by atoms with Gasteiger partial charge in [-0.15, -0.1) is 0 Å². The van der Waals surface area contributed by atoms with Gasteiger partial charge in [0.2, 0.25) is 5.91 Å². The van der Waals surface area contributed by atoms with Gasteiger partial charge in [0.1, 0.15) is 0 Å². The maximum atomic E-state index is 12.5. The monoisotopic (exact) mass is 1060 g/mol. The van der Waals surface area contributed by atoms with Crippen LogP contribution in [-0.4, -0.2) is 34.9 Å². The Morgan fingerprint density at radius 2 is 0.592 bits per heavy atom. The Morgan fingerprint density at radius 3 is 0.921 bits per heavy atom. The van der Waals surface area contributed by atoms with Crippen LogP contribution in [0.5, 0.6) is 0 Å². The van der Waals surface area contributed by atoms with Gasteiger partial charge in [0.05, 0.1) is 18.8 Å². The normalized spacial score (nSPS) is 13.2. The van der Waals surface area contributed by atoms with Crippen molar-refractivity contribution in [2.45, 2.75) is 373 Å². The minimum absolute atomic E-state index is 0.0682. The molecule has 444 valence electrons. The first-order valence-electron chi connectivity index (χ1n) is 34.2. The van der Waals surface area contributed by atoms with Crippen molar-refractivity contribution in [1.29, 1.82) is 0 Å². The molecule has 0 aromatic carbocycles. The van der Waals surface area contributed by atoms with Crippen LogP contribution in [-0.2, 0) is 4.79 Å². The number of rotatable bonds is 63. The molecular formula is C72H133NO3. The van der Waals surface area contributed by atoms with Crippen molar-refractivity contribution >= 4 is 5.91 Å². The molecule has 0 aliphatic rings. The van der Waals surface area contributed by atoms with Crippen LogP contribution in [0.2, 0.25) is 0 Å². The van der Waals surface area contributed by atoms with Gasteiger partial charge in [0.25, 0.3) is 0 Å². The maximum Gasteiger partial charge on any atom is 0.220 e. The lowest BCUT2D eigenvalue weighted by atomic mass is 10.0. The van der Waals surface area contributed by atoms with Gasteiger partial charge < -0.3 is 15.5 Å². The zero-order chi connectivity index (χ0) is 54.8. The fraction of sp³-hybridized carbons (Fsp3) is 0.819. The summed E-state index contributed by atoms with van der Waals surface area (Å²) in [7, 11) is 0. The largest absolute Gasteiger partial charge is 0.394 e. The molecule has 2 atom stereocenters.